The molecule has 0 radical (unpaired) electrons. The lowest BCUT2D eigenvalue weighted by Crippen LogP contribution is -2.33. The maximum absolute atomic E-state index is 11.8. The molecule has 16 heavy (non-hydrogen) atoms. The van der Waals surface area contributed by atoms with Gasteiger partial charge in [0.15, 0.2) is 0 Å². The topological polar surface area (TPSA) is 26.3 Å². The number of hydrogen-bond donors (Lipinski definition) is 0. The minimum Gasteiger partial charge on any atom is -0.460 e. The average Bonchev–Trinajstić information content (AvgIpc) is 2.29. The monoisotopic (exact) mass is 394 g/mol. The van der Waals surface area contributed by atoms with Crippen molar-refractivity contribution in [3.05, 3.63) is 0 Å². The van der Waals surface area contributed by atoms with Crippen LogP contribution in [-0.4, -0.2) is 33.5 Å². The van der Waals surface area contributed by atoms with Gasteiger partial charge < -0.3 is 4.74 Å². The molecule has 0 amide bonds. The van der Waals surface area contributed by atoms with Crippen molar-refractivity contribution in [1.29, 1.82) is 0 Å². The first kappa shape index (κ1) is 15.1. The Balaban J connectivity index is 2.42. The standard InChI is InChI=1S/C10H14Br2Cl2O2/c11-8-2-1-6(3-9(8)12)10(15)16-7(4-13)5-14/h6-9H,1-5H2. The van der Waals surface area contributed by atoms with Gasteiger partial charge in [0.05, 0.1) is 17.7 Å². The normalized spacial score (nSPS) is 30.4. The Kier molecular flexibility index (Phi) is 7.01. The first-order valence-electron chi connectivity index (χ1n) is 5.19. The highest BCUT2D eigenvalue weighted by Crippen LogP contribution is 2.34. The highest BCUT2D eigenvalue weighted by atomic mass is 79.9. The molecule has 3 atom stereocenters. The summed E-state index contributed by atoms with van der Waals surface area (Å²) in [5, 5.41) is 0. The van der Waals surface area contributed by atoms with Crippen LogP contribution in [0.4, 0.5) is 0 Å². The lowest BCUT2D eigenvalue weighted by atomic mass is 9.89. The molecule has 6 heteroatoms. The van der Waals surface area contributed by atoms with Crippen molar-refractivity contribution < 1.29 is 9.53 Å². The van der Waals surface area contributed by atoms with Crippen LogP contribution in [0.25, 0.3) is 0 Å². The van der Waals surface area contributed by atoms with Crippen molar-refractivity contribution in [2.75, 3.05) is 11.8 Å². The zero-order chi connectivity index (χ0) is 12.1. The number of ether oxygens (including phenoxy) is 1. The Morgan fingerprint density at radius 1 is 1.25 bits per heavy atom. The highest BCUT2D eigenvalue weighted by Gasteiger charge is 2.32. The first-order chi connectivity index (χ1) is 7.58. The summed E-state index contributed by atoms with van der Waals surface area (Å²) >= 11 is 18.4. The summed E-state index contributed by atoms with van der Waals surface area (Å²) in [6.07, 6.45) is 2.26. The molecule has 1 aliphatic carbocycles. The second kappa shape index (κ2) is 7.45. The number of carbonyl (C=O) groups is 1. The molecule has 0 heterocycles. The first-order valence-corrected chi connectivity index (χ1v) is 8.09. The molecule has 0 bridgehead atoms. The van der Waals surface area contributed by atoms with Crippen molar-refractivity contribution in [2.45, 2.75) is 35.0 Å². The molecule has 1 saturated carbocycles. The van der Waals surface area contributed by atoms with Gasteiger partial charge in [-0.2, -0.15) is 0 Å². The van der Waals surface area contributed by atoms with Gasteiger partial charge in [0.25, 0.3) is 0 Å². The van der Waals surface area contributed by atoms with Crippen LogP contribution in [0.2, 0.25) is 0 Å². The van der Waals surface area contributed by atoms with Crippen LogP contribution in [0.1, 0.15) is 19.3 Å². The fourth-order valence-electron chi connectivity index (χ4n) is 1.66. The lowest BCUT2D eigenvalue weighted by molar-refractivity contribution is -0.153. The number of halogens is 4. The minimum atomic E-state index is -0.369. The van der Waals surface area contributed by atoms with Gasteiger partial charge in [-0.05, 0) is 19.3 Å². The summed E-state index contributed by atoms with van der Waals surface area (Å²) in [7, 11) is 0. The quantitative estimate of drug-likeness (QED) is 0.535. The molecule has 0 aliphatic heterocycles. The molecule has 3 unspecified atom stereocenters. The van der Waals surface area contributed by atoms with Crippen LogP contribution < -0.4 is 0 Å². The third kappa shape index (κ3) is 4.35. The summed E-state index contributed by atoms with van der Waals surface area (Å²) in [5.41, 5.74) is 0. The van der Waals surface area contributed by atoms with E-state index >= 15 is 0 Å². The third-order valence-electron chi connectivity index (χ3n) is 2.65. The molecule has 2 nitrogen and oxygen atoms in total. The van der Waals surface area contributed by atoms with Gasteiger partial charge in [0.1, 0.15) is 6.10 Å². The Morgan fingerprint density at radius 2 is 1.88 bits per heavy atom. The van der Waals surface area contributed by atoms with E-state index in [9.17, 15) is 4.79 Å². The zero-order valence-corrected chi connectivity index (χ0v) is 13.4. The maximum Gasteiger partial charge on any atom is 0.309 e. The van der Waals surface area contributed by atoms with Crippen LogP contribution in [0.15, 0.2) is 0 Å². The molecule has 1 aliphatic rings. The second-order valence-corrected chi connectivity index (χ2v) is 6.88. The van der Waals surface area contributed by atoms with Crippen LogP contribution in [0.3, 0.4) is 0 Å². The van der Waals surface area contributed by atoms with Crippen molar-refractivity contribution in [1.82, 2.24) is 0 Å². The maximum atomic E-state index is 11.8. The lowest BCUT2D eigenvalue weighted by Gasteiger charge is -2.29. The fourth-order valence-corrected chi connectivity index (χ4v) is 3.31. The Morgan fingerprint density at radius 3 is 2.38 bits per heavy atom. The number of alkyl halides is 4. The molecule has 0 aromatic carbocycles. The Labute approximate surface area is 123 Å². The summed E-state index contributed by atoms with van der Waals surface area (Å²) in [5.74, 6) is 0.295. The molecule has 94 valence electrons. The number of carbonyl (C=O) groups excluding carboxylic acids is 1. The van der Waals surface area contributed by atoms with Gasteiger partial charge in [0.2, 0.25) is 0 Å². The third-order valence-corrected chi connectivity index (χ3v) is 6.16. The van der Waals surface area contributed by atoms with Crippen molar-refractivity contribution >= 4 is 61.0 Å². The van der Waals surface area contributed by atoms with Crippen LogP contribution in [-0.2, 0) is 9.53 Å². The van der Waals surface area contributed by atoms with Crippen LogP contribution in [0.5, 0.6) is 0 Å². The van der Waals surface area contributed by atoms with Crippen molar-refractivity contribution in [3.8, 4) is 0 Å². The van der Waals surface area contributed by atoms with Crippen molar-refractivity contribution in [3.63, 3.8) is 0 Å². The molecule has 0 spiro atoms. The molecule has 1 fully saturated rings. The van der Waals surface area contributed by atoms with E-state index in [4.69, 9.17) is 27.9 Å². The number of rotatable bonds is 4. The van der Waals surface area contributed by atoms with E-state index in [1.165, 1.54) is 0 Å². The average molecular weight is 397 g/mol. The van der Waals surface area contributed by atoms with E-state index in [2.05, 4.69) is 31.9 Å². The van der Waals surface area contributed by atoms with Crippen molar-refractivity contribution in [2.24, 2.45) is 5.92 Å². The zero-order valence-electron chi connectivity index (χ0n) is 8.67. The largest absolute Gasteiger partial charge is 0.460 e. The molecular weight excluding hydrogens is 383 g/mol. The predicted molar refractivity (Wildman–Crippen MR) is 74.1 cm³/mol. The second-order valence-electron chi connectivity index (χ2n) is 3.91. The van der Waals surface area contributed by atoms with Gasteiger partial charge >= 0.3 is 5.97 Å². The van der Waals surface area contributed by atoms with Gasteiger partial charge in [-0.1, -0.05) is 31.9 Å². The van der Waals surface area contributed by atoms with Gasteiger partial charge in [-0.15, -0.1) is 23.2 Å². The minimum absolute atomic E-state index is 0.0351. The SMILES string of the molecule is O=C(OC(CCl)CCl)C1CCC(Br)C(Br)C1. The van der Waals surface area contributed by atoms with Gasteiger partial charge in [-0.3, -0.25) is 4.79 Å². The Bertz CT molecular complexity index is 237. The van der Waals surface area contributed by atoms with E-state index in [1.54, 1.807) is 0 Å². The smallest absolute Gasteiger partial charge is 0.309 e. The molecule has 0 aromatic rings. The van der Waals surface area contributed by atoms with E-state index in [1.807, 2.05) is 0 Å². The predicted octanol–water partition coefficient (Wildman–Crippen LogP) is 3.70. The van der Waals surface area contributed by atoms with E-state index < -0.39 is 0 Å². The van der Waals surface area contributed by atoms with E-state index in [0.717, 1.165) is 19.3 Å². The molecule has 0 aromatic heterocycles. The highest BCUT2D eigenvalue weighted by molar-refractivity contribution is 9.12. The molecular formula is C10H14Br2Cl2O2. The van der Waals surface area contributed by atoms with Crippen LogP contribution in [0, 0.1) is 5.92 Å². The van der Waals surface area contributed by atoms with E-state index in [0.29, 0.717) is 9.65 Å². The fraction of sp³-hybridized carbons (Fsp3) is 0.900. The summed E-state index contributed by atoms with van der Waals surface area (Å²) in [6.45, 7) is 0. The number of esters is 1. The van der Waals surface area contributed by atoms with Gasteiger partial charge in [0, 0.05) is 9.65 Å². The van der Waals surface area contributed by atoms with E-state index in [-0.39, 0.29) is 29.8 Å². The Hall–Kier alpha value is 1.01. The molecule has 0 saturated heterocycles. The summed E-state index contributed by atoms with van der Waals surface area (Å²) in [4.78, 5) is 12.6. The summed E-state index contributed by atoms with van der Waals surface area (Å²) in [6, 6.07) is 0. The molecule has 1 rings (SSSR count). The molecule has 0 N–H and O–H groups in total. The van der Waals surface area contributed by atoms with Crippen LogP contribution >= 0.6 is 55.1 Å². The number of hydrogen-bond acceptors (Lipinski definition) is 2. The van der Waals surface area contributed by atoms with Gasteiger partial charge in [-0.25, -0.2) is 0 Å². The summed E-state index contributed by atoms with van der Waals surface area (Å²) < 4.78 is 5.23.